The molecular formula is C14H24O2. The molecule has 0 aliphatic heterocycles. The van der Waals surface area contributed by atoms with Gasteiger partial charge in [0.1, 0.15) is 5.60 Å². The third kappa shape index (κ3) is 2.04. The second kappa shape index (κ2) is 4.87. The molecule has 0 unspecified atom stereocenters. The van der Waals surface area contributed by atoms with Gasteiger partial charge in [-0.1, -0.05) is 13.3 Å². The molecule has 16 heavy (non-hydrogen) atoms. The standard InChI is InChI=1S/C14H24O2/c1-3-11-5-7-12(8-6-11)13(15)14(16-2)9-4-10-14/h11-12H,3-10H2,1-2H3. The van der Waals surface area contributed by atoms with Crippen LogP contribution in [-0.2, 0) is 9.53 Å². The predicted octanol–water partition coefficient (Wildman–Crippen LogP) is 3.34. The molecule has 0 amide bonds. The Morgan fingerprint density at radius 1 is 1.25 bits per heavy atom. The van der Waals surface area contributed by atoms with E-state index in [2.05, 4.69) is 6.92 Å². The molecule has 0 aromatic rings. The highest BCUT2D eigenvalue weighted by Crippen LogP contribution is 2.41. The van der Waals surface area contributed by atoms with Crippen LogP contribution in [-0.4, -0.2) is 18.5 Å². The summed E-state index contributed by atoms with van der Waals surface area (Å²) in [5.41, 5.74) is -0.371. The topological polar surface area (TPSA) is 26.3 Å². The molecule has 0 spiro atoms. The Labute approximate surface area is 98.7 Å². The third-order valence-corrected chi connectivity index (χ3v) is 4.80. The number of ether oxygens (including phenoxy) is 1. The summed E-state index contributed by atoms with van der Waals surface area (Å²) in [5, 5.41) is 0. The van der Waals surface area contributed by atoms with Gasteiger partial charge in [-0.25, -0.2) is 0 Å². The largest absolute Gasteiger partial charge is 0.370 e. The molecule has 0 bridgehead atoms. The van der Waals surface area contributed by atoms with Crippen molar-refractivity contribution < 1.29 is 9.53 Å². The summed E-state index contributed by atoms with van der Waals surface area (Å²) < 4.78 is 5.49. The molecule has 0 saturated heterocycles. The van der Waals surface area contributed by atoms with Gasteiger partial charge >= 0.3 is 0 Å². The molecule has 2 aliphatic rings. The number of rotatable bonds is 4. The van der Waals surface area contributed by atoms with Crippen LogP contribution in [0.4, 0.5) is 0 Å². The molecule has 92 valence electrons. The summed E-state index contributed by atoms with van der Waals surface area (Å²) in [5.74, 6) is 1.57. The number of ketones is 1. The highest BCUT2D eigenvalue weighted by Gasteiger charge is 2.47. The minimum absolute atomic E-state index is 0.294. The Morgan fingerprint density at radius 2 is 1.88 bits per heavy atom. The van der Waals surface area contributed by atoms with Crippen molar-refractivity contribution in [3.8, 4) is 0 Å². The van der Waals surface area contributed by atoms with Crippen LogP contribution >= 0.6 is 0 Å². The summed E-state index contributed by atoms with van der Waals surface area (Å²) in [6.45, 7) is 2.26. The molecule has 2 nitrogen and oxygen atoms in total. The fourth-order valence-corrected chi connectivity index (χ4v) is 3.25. The number of Topliss-reactive ketones (excluding diaryl/α,β-unsaturated/α-hetero) is 1. The van der Waals surface area contributed by atoms with E-state index in [0.29, 0.717) is 11.7 Å². The summed E-state index contributed by atoms with van der Waals surface area (Å²) in [6.07, 6.45) is 9.02. The van der Waals surface area contributed by atoms with Crippen LogP contribution in [0.15, 0.2) is 0 Å². The van der Waals surface area contributed by atoms with Crippen LogP contribution in [0.25, 0.3) is 0 Å². The van der Waals surface area contributed by atoms with Crippen molar-refractivity contribution in [3.63, 3.8) is 0 Å². The molecule has 0 atom stereocenters. The molecule has 2 heteroatoms. The van der Waals surface area contributed by atoms with Gasteiger partial charge in [0.15, 0.2) is 5.78 Å². The number of hydrogen-bond donors (Lipinski definition) is 0. The van der Waals surface area contributed by atoms with Crippen LogP contribution < -0.4 is 0 Å². The zero-order chi connectivity index (χ0) is 11.6. The minimum Gasteiger partial charge on any atom is -0.370 e. The minimum atomic E-state index is -0.371. The Hall–Kier alpha value is -0.370. The van der Waals surface area contributed by atoms with Gasteiger partial charge in [0, 0.05) is 13.0 Å². The van der Waals surface area contributed by atoms with Crippen molar-refractivity contribution in [2.75, 3.05) is 7.11 Å². The molecular weight excluding hydrogens is 200 g/mol. The predicted molar refractivity (Wildman–Crippen MR) is 64.3 cm³/mol. The molecule has 0 aromatic carbocycles. The van der Waals surface area contributed by atoms with Gasteiger partial charge in [0.2, 0.25) is 0 Å². The van der Waals surface area contributed by atoms with Gasteiger partial charge in [-0.15, -0.1) is 0 Å². The lowest BCUT2D eigenvalue weighted by Crippen LogP contribution is -2.50. The molecule has 2 fully saturated rings. The van der Waals surface area contributed by atoms with Crippen LogP contribution in [0.1, 0.15) is 58.3 Å². The zero-order valence-electron chi connectivity index (χ0n) is 10.6. The summed E-state index contributed by atoms with van der Waals surface area (Å²) in [4.78, 5) is 12.4. The highest BCUT2D eigenvalue weighted by atomic mass is 16.5. The second-order valence-corrected chi connectivity index (χ2v) is 5.54. The first kappa shape index (κ1) is 12.1. The van der Waals surface area contributed by atoms with E-state index in [-0.39, 0.29) is 5.60 Å². The van der Waals surface area contributed by atoms with E-state index in [1.54, 1.807) is 7.11 Å². The van der Waals surface area contributed by atoms with Gasteiger partial charge in [-0.3, -0.25) is 4.79 Å². The number of carbonyl (C=O) groups excluding carboxylic acids is 1. The van der Waals surface area contributed by atoms with Gasteiger partial charge in [0.05, 0.1) is 0 Å². The summed E-state index contributed by atoms with van der Waals surface area (Å²) in [6, 6.07) is 0. The third-order valence-electron chi connectivity index (χ3n) is 4.80. The smallest absolute Gasteiger partial charge is 0.167 e. The number of methoxy groups -OCH3 is 1. The second-order valence-electron chi connectivity index (χ2n) is 5.54. The lowest BCUT2D eigenvalue weighted by molar-refractivity contribution is -0.157. The molecule has 0 radical (unpaired) electrons. The summed E-state index contributed by atoms with van der Waals surface area (Å²) in [7, 11) is 1.70. The zero-order valence-corrected chi connectivity index (χ0v) is 10.6. The van der Waals surface area contributed by atoms with Gasteiger partial charge in [-0.2, -0.15) is 0 Å². The Morgan fingerprint density at radius 3 is 2.25 bits per heavy atom. The van der Waals surface area contributed by atoms with Crippen LogP contribution in [0.3, 0.4) is 0 Å². The van der Waals surface area contributed by atoms with E-state index in [1.165, 1.54) is 19.3 Å². The van der Waals surface area contributed by atoms with Crippen molar-refractivity contribution in [1.82, 2.24) is 0 Å². The maximum absolute atomic E-state index is 12.4. The first-order valence-corrected chi connectivity index (χ1v) is 6.81. The van der Waals surface area contributed by atoms with Gasteiger partial charge < -0.3 is 4.74 Å². The van der Waals surface area contributed by atoms with Crippen molar-refractivity contribution in [3.05, 3.63) is 0 Å². The van der Waals surface area contributed by atoms with Crippen molar-refractivity contribution in [1.29, 1.82) is 0 Å². The maximum Gasteiger partial charge on any atom is 0.167 e. The molecule has 0 heterocycles. The lowest BCUT2D eigenvalue weighted by Gasteiger charge is -2.42. The fraction of sp³-hybridized carbons (Fsp3) is 0.929. The van der Waals surface area contributed by atoms with Crippen LogP contribution in [0.5, 0.6) is 0 Å². The monoisotopic (exact) mass is 224 g/mol. The first-order chi connectivity index (χ1) is 7.72. The Bertz CT molecular complexity index is 242. The Kier molecular flexibility index (Phi) is 3.68. The van der Waals surface area contributed by atoms with Crippen LogP contribution in [0, 0.1) is 11.8 Å². The van der Waals surface area contributed by atoms with E-state index < -0.39 is 0 Å². The Balaban J connectivity index is 1.91. The van der Waals surface area contributed by atoms with E-state index in [4.69, 9.17) is 4.74 Å². The normalized spacial score (nSPS) is 33.1. The van der Waals surface area contributed by atoms with E-state index >= 15 is 0 Å². The van der Waals surface area contributed by atoms with Gasteiger partial charge in [0.25, 0.3) is 0 Å². The average molecular weight is 224 g/mol. The molecule has 2 aliphatic carbocycles. The molecule has 0 N–H and O–H groups in total. The first-order valence-electron chi connectivity index (χ1n) is 6.81. The van der Waals surface area contributed by atoms with Crippen molar-refractivity contribution in [2.24, 2.45) is 11.8 Å². The average Bonchev–Trinajstić information content (AvgIpc) is 2.28. The molecule has 2 saturated carbocycles. The quantitative estimate of drug-likeness (QED) is 0.732. The summed E-state index contributed by atoms with van der Waals surface area (Å²) >= 11 is 0. The maximum atomic E-state index is 12.4. The van der Waals surface area contributed by atoms with Crippen molar-refractivity contribution >= 4 is 5.78 Å². The van der Waals surface area contributed by atoms with E-state index in [0.717, 1.165) is 38.0 Å². The SMILES string of the molecule is CCC1CCC(C(=O)C2(OC)CCC2)CC1. The fourth-order valence-electron chi connectivity index (χ4n) is 3.25. The lowest BCUT2D eigenvalue weighted by atomic mass is 9.68. The van der Waals surface area contributed by atoms with E-state index in [9.17, 15) is 4.79 Å². The highest BCUT2D eigenvalue weighted by molar-refractivity contribution is 5.90. The number of hydrogen-bond acceptors (Lipinski definition) is 2. The van der Waals surface area contributed by atoms with E-state index in [1.807, 2.05) is 0 Å². The van der Waals surface area contributed by atoms with Crippen molar-refractivity contribution in [2.45, 2.75) is 63.9 Å². The number of carbonyl (C=O) groups is 1. The van der Waals surface area contributed by atoms with Gasteiger partial charge in [-0.05, 0) is 50.9 Å². The molecule has 2 rings (SSSR count). The van der Waals surface area contributed by atoms with Crippen LogP contribution in [0.2, 0.25) is 0 Å². The molecule has 0 aromatic heterocycles.